The molecule has 2 nitrogen and oxygen atoms in total. The van der Waals surface area contributed by atoms with Crippen molar-refractivity contribution in [3.8, 4) is 11.3 Å². The Morgan fingerprint density at radius 2 is 1.83 bits per heavy atom. The van der Waals surface area contributed by atoms with Crippen LogP contribution in [0.1, 0.15) is 26.6 Å². The standard InChI is InChI=1S/C14H14BrClN2/c1-14(2,3)13-17-11(8-12(16)18-13)9-5-4-6-10(15)7-9/h4-8H,1-3H3. The first-order chi connectivity index (χ1) is 8.36. The van der Waals surface area contributed by atoms with Gasteiger partial charge in [0.1, 0.15) is 11.0 Å². The summed E-state index contributed by atoms with van der Waals surface area (Å²) < 4.78 is 1.02. The number of benzene rings is 1. The molecule has 4 heteroatoms. The molecule has 0 bridgehead atoms. The van der Waals surface area contributed by atoms with Crippen molar-refractivity contribution < 1.29 is 0 Å². The van der Waals surface area contributed by atoms with Gasteiger partial charge in [0.15, 0.2) is 0 Å². The van der Waals surface area contributed by atoms with Crippen LogP contribution in [-0.4, -0.2) is 9.97 Å². The van der Waals surface area contributed by atoms with E-state index in [-0.39, 0.29) is 5.41 Å². The molecule has 0 spiro atoms. The Morgan fingerprint density at radius 3 is 2.44 bits per heavy atom. The van der Waals surface area contributed by atoms with Crippen LogP contribution in [0.5, 0.6) is 0 Å². The van der Waals surface area contributed by atoms with E-state index in [0.717, 1.165) is 21.6 Å². The first kappa shape index (κ1) is 13.5. The van der Waals surface area contributed by atoms with Gasteiger partial charge in [0.2, 0.25) is 0 Å². The number of rotatable bonds is 1. The average Bonchev–Trinajstić information content (AvgIpc) is 2.27. The highest BCUT2D eigenvalue weighted by Gasteiger charge is 2.19. The molecule has 94 valence electrons. The maximum Gasteiger partial charge on any atom is 0.136 e. The largest absolute Gasteiger partial charge is 0.232 e. The summed E-state index contributed by atoms with van der Waals surface area (Å²) in [6.45, 7) is 6.22. The van der Waals surface area contributed by atoms with Gasteiger partial charge in [-0.2, -0.15) is 0 Å². The van der Waals surface area contributed by atoms with E-state index in [1.165, 1.54) is 0 Å². The maximum absolute atomic E-state index is 6.08. The van der Waals surface area contributed by atoms with E-state index < -0.39 is 0 Å². The molecule has 1 aromatic carbocycles. The lowest BCUT2D eigenvalue weighted by atomic mass is 9.95. The summed E-state index contributed by atoms with van der Waals surface area (Å²) in [5.41, 5.74) is 1.76. The molecular weight excluding hydrogens is 312 g/mol. The quantitative estimate of drug-likeness (QED) is 0.700. The summed E-state index contributed by atoms with van der Waals surface area (Å²) in [6, 6.07) is 9.78. The average molecular weight is 326 g/mol. The fraction of sp³-hybridized carbons (Fsp3) is 0.286. The SMILES string of the molecule is CC(C)(C)c1nc(Cl)cc(-c2cccc(Br)c2)n1. The number of hydrogen-bond donors (Lipinski definition) is 0. The van der Waals surface area contributed by atoms with Crippen molar-refractivity contribution in [3.63, 3.8) is 0 Å². The summed E-state index contributed by atoms with van der Waals surface area (Å²) in [5, 5.41) is 0.477. The lowest BCUT2D eigenvalue weighted by molar-refractivity contribution is 0.546. The van der Waals surface area contributed by atoms with E-state index in [1.54, 1.807) is 6.07 Å². The molecule has 0 N–H and O–H groups in total. The van der Waals surface area contributed by atoms with Crippen LogP contribution in [0.4, 0.5) is 0 Å². The molecule has 0 unspecified atom stereocenters. The highest BCUT2D eigenvalue weighted by atomic mass is 79.9. The predicted molar refractivity (Wildman–Crippen MR) is 78.9 cm³/mol. The molecule has 1 aromatic heterocycles. The smallest absolute Gasteiger partial charge is 0.136 e. The molecule has 0 saturated heterocycles. The van der Waals surface area contributed by atoms with Gasteiger partial charge in [0.25, 0.3) is 0 Å². The second-order valence-electron chi connectivity index (χ2n) is 5.16. The van der Waals surface area contributed by atoms with Crippen LogP contribution in [0.2, 0.25) is 5.15 Å². The molecule has 0 fully saturated rings. The molecule has 1 heterocycles. The van der Waals surface area contributed by atoms with E-state index in [4.69, 9.17) is 11.6 Å². The Kier molecular flexibility index (Phi) is 3.74. The number of hydrogen-bond acceptors (Lipinski definition) is 2. The Morgan fingerprint density at radius 1 is 1.11 bits per heavy atom. The zero-order valence-electron chi connectivity index (χ0n) is 10.5. The van der Waals surface area contributed by atoms with Crippen molar-refractivity contribution >= 4 is 27.5 Å². The molecular formula is C14H14BrClN2. The Balaban J connectivity index is 2.55. The molecule has 0 saturated carbocycles. The monoisotopic (exact) mass is 324 g/mol. The van der Waals surface area contributed by atoms with Crippen LogP contribution in [0.25, 0.3) is 11.3 Å². The van der Waals surface area contributed by atoms with Crippen molar-refractivity contribution in [3.05, 3.63) is 45.8 Å². The van der Waals surface area contributed by atoms with Gasteiger partial charge in [0, 0.05) is 21.5 Å². The third kappa shape index (κ3) is 3.09. The number of aromatic nitrogens is 2. The van der Waals surface area contributed by atoms with Crippen LogP contribution in [0.3, 0.4) is 0 Å². The van der Waals surface area contributed by atoms with Gasteiger partial charge in [0.05, 0.1) is 5.69 Å². The van der Waals surface area contributed by atoms with Gasteiger partial charge >= 0.3 is 0 Å². The lowest BCUT2D eigenvalue weighted by Crippen LogP contribution is -2.16. The van der Waals surface area contributed by atoms with Crippen LogP contribution in [0, 0.1) is 0 Å². The van der Waals surface area contributed by atoms with Gasteiger partial charge < -0.3 is 0 Å². The first-order valence-electron chi connectivity index (χ1n) is 5.67. The van der Waals surface area contributed by atoms with Crippen molar-refractivity contribution in [2.24, 2.45) is 0 Å². The fourth-order valence-corrected chi connectivity index (χ4v) is 2.13. The lowest BCUT2D eigenvalue weighted by Gasteiger charge is -2.17. The first-order valence-corrected chi connectivity index (χ1v) is 6.84. The van der Waals surface area contributed by atoms with E-state index in [0.29, 0.717) is 5.15 Å². The third-order valence-electron chi connectivity index (χ3n) is 2.49. The fourth-order valence-electron chi connectivity index (χ4n) is 1.55. The zero-order chi connectivity index (χ0) is 13.3. The summed E-state index contributed by atoms with van der Waals surface area (Å²) in [4.78, 5) is 8.90. The van der Waals surface area contributed by atoms with Crippen molar-refractivity contribution in [2.45, 2.75) is 26.2 Å². The highest BCUT2D eigenvalue weighted by molar-refractivity contribution is 9.10. The summed E-state index contributed by atoms with van der Waals surface area (Å²) in [7, 11) is 0. The molecule has 2 aromatic rings. The zero-order valence-corrected chi connectivity index (χ0v) is 12.9. The summed E-state index contributed by atoms with van der Waals surface area (Å²) >= 11 is 9.54. The minimum Gasteiger partial charge on any atom is -0.232 e. The van der Waals surface area contributed by atoms with Gasteiger partial charge in [-0.3, -0.25) is 0 Å². The highest BCUT2D eigenvalue weighted by Crippen LogP contribution is 2.26. The Bertz CT molecular complexity index is 576. The summed E-state index contributed by atoms with van der Waals surface area (Å²) in [5.74, 6) is 0.755. The van der Waals surface area contributed by atoms with Crippen molar-refractivity contribution in [1.29, 1.82) is 0 Å². The Hall–Kier alpha value is -0.930. The van der Waals surface area contributed by atoms with Gasteiger partial charge in [-0.25, -0.2) is 9.97 Å². The van der Waals surface area contributed by atoms with E-state index in [2.05, 4.69) is 46.7 Å². The molecule has 2 rings (SSSR count). The van der Waals surface area contributed by atoms with Crippen molar-refractivity contribution in [2.75, 3.05) is 0 Å². The van der Waals surface area contributed by atoms with Gasteiger partial charge in [-0.1, -0.05) is 60.4 Å². The van der Waals surface area contributed by atoms with E-state index in [1.807, 2.05) is 24.3 Å². The molecule has 0 aliphatic heterocycles. The minimum atomic E-state index is -0.119. The summed E-state index contributed by atoms with van der Waals surface area (Å²) in [6.07, 6.45) is 0. The van der Waals surface area contributed by atoms with E-state index in [9.17, 15) is 0 Å². The van der Waals surface area contributed by atoms with E-state index >= 15 is 0 Å². The normalized spacial score (nSPS) is 11.6. The third-order valence-corrected chi connectivity index (χ3v) is 3.17. The minimum absolute atomic E-state index is 0.119. The molecule has 0 amide bonds. The molecule has 18 heavy (non-hydrogen) atoms. The molecule has 0 radical (unpaired) electrons. The van der Waals surface area contributed by atoms with Crippen LogP contribution >= 0.6 is 27.5 Å². The second kappa shape index (κ2) is 4.98. The van der Waals surface area contributed by atoms with Crippen LogP contribution in [-0.2, 0) is 5.41 Å². The second-order valence-corrected chi connectivity index (χ2v) is 6.46. The van der Waals surface area contributed by atoms with Crippen LogP contribution in [0.15, 0.2) is 34.8 Å². The maximum atomic E-state index is 6.08. The Labute approximate surface area is 121 Å². The molecule has 0 atom stereocenters. The predicted octanol–water partition coefficient (Wildman–Crippen LogP) is 4.86. The molecule has 0 aliphatic carbocycles. The topological polar surface area (TPSA) is 25.8 Å². The molecule has 0 aliphatic rings. The number of nitrogens with zero attached hydrogens (tertiary/aromatic N) is 2. The van der Waals surface area contributed by atoms with Gasteiger partial charge in [-0.05, 0) is 12.1 Å². The van der Waals surface area contributed by atoms with Crippen LogP contribution < -0.4 is 0 Å². The number of halogens is 2. The van der Waals surface area contributed by atoms with Gasteiger partial charge in [-0.15, -0.1) is 0 Å². The van der Waals surface area contributed by atoms with Crippen molar-refractivity contribution in [1.82, 2.24) is 9.97 Å².